The van der Waals surface area contributed by atoms with Gasteiger partial charge < -0.3 is 14.8 Å². The molecule has 1 N–H and O–H groups in total. The van der Waals surface area contributed by atoms with Gasteiger partial charge in [0.25, 0.3) is 0 Å². The number of para-hydroxylation sites is 1. The molecule has 0 aliphatic carbocycles. The van der Waals surface area contributed by atoms with Crippen LogP contribution >= 0.6 is 0 Å². The first-order chi connectivity index (χ1) is 15.0. The summed E-state index contributed by atoms with van der Waals surface area (Å²) in [5.74, 6) is 1.93. The zero-order valence-corrected chi connectivity index (χ0v) is 17.0. The number of amides is 2. The third-order valence-corrected chi connectivity index (χ3v) is 4.61. The van der Waals surface area contributed by atoms with Gasteiger partial charge in [-0.25, -0.2) is 14.6 Å². The molecule has 0 saturated heterocycles. The number of anilines is 1. The maximum Gasteiger partial charge on any atom is 0.420 e. The summed E-state index contributed by atoms with van der Waals surface area (Å²) in [6.07, 6.45) is 2.69. The molecule has 156 valence electrons. The normalized spacial score (nSPS) is 10.5. The molecule has 31 heavy (non-hydrogen) atoms. The third kappa shape index (κ3) is 4.32. The minimum absolute atomic E-state index is 0.215. The van der Waals surface area contributed by atoms with E-state index in [0.717, 1.165) is 10.9 Å². The van der Waals surface area contributed by atoms with Gasteiger partial charge in [-0.3, -0.25) is 9.47 Å². The number of nitrogens with zero attached hydrogens (tertiary/aromatic N) is 3. The van der Waals surface area contributed by atoms with Crippen molar-refractivity contribution in [2.45, 2.75) is 0 Å². The smallest absolute Gasteiger partial charge is 0.420 e. The van der Waals surface area contributed by atoms with Crippen LogP contribution in [0.2, 0.25) is 0 Å². The largest absolute Gasteiger partial charge is 0.457 e. The molecule has 0 aliphatic heterocycles. The van der Waals surface area contributed by atoms with Crippen LogP contribution in [0.5, 0.6) is 17.2 Å². The molecule has 0 unspecified atom stereocenters. The molecule has 8 heteroatoms. The van der Waals surface area contributed by atoms with E-state index >= 15 is 0 Å². The van der Waals surface area contributed by atoms with Gasteiger partial charge in [0.15, 0.2) is 0 Å². The number of rotatable bonds is 4. The molecule has 0 fully saturated rings. The molecule has 2 amide bonds. The van der Waals surface area contributed by atoms with Crippen molar-refractivity contribution in [2.75, 3.05) is 19.0 Å². The summed E-state index contributed by atoms with van der Waals surface area (Å²) >= 11 is 0. The van der Waals surface area contributed by atoms with Gasteiger partial charge in [0, 0.05) is 37.9 Å². The van der Waals surface area contributed by atoms with Gasteiger partial charge >= 0.3 is 12.1 Å². The van der Waals surface area contributed by atoms with Crippen LogP contribution in [0.3, 0.4) is 0 Å². The van der Waals surface area contributed by atoms with Crippen LogP contribution in [0.1, 0.15) is 0 Å². The standard InChI is InChI=1S/C23H20N4O4/c1-24-22(28)27-13-11-16-14-18(8-9-20(16)27)30-19-10-12-25-21(15-19)26(2)23(29)31-17-6-4-3-5-7-17/h3-15H,1-2H3,(H,24,28). The summed E-state index contributed by atoms with van der Waals surface area (Å²) in [5, 5.41) is 3.46. The van der Waals surface area contributed by atoms with E-state index in [0.29, 0.717) is 23.1 Å². The lowest BCUT2D eigenvalue weighted by atomic mass is 10.2. The lowest BCUT2D eigenvalue weighted by Crippen LogP contribution is -2.30. The van der Waals surface area contributed by atoms with Crippen molar-refractivity contribution in [3.05, 3.63) is 79.1 Å². The zero-order chi connectivity index (χ0) is 21.8. The van der Waals surface area contributed by atoms with E-state index in [1.54, 1.807) is 69.0 Å². The van der Waals surface area contributed by atoms with Crippen LogP contribution in [0, 0.1) is 0 Å². The van der Waals surface area contributed by atoms with Crippen molar-refractivity contribution < 1.29 is 19.1 Å². The molecule has 0 saturated carbocycles. The monoisotopic (exact) mass is 416 g/mol. The Balaban J connectivity index is 1.50. The Morgan fingerprint density at radius 3 is 2.52 bits per heavy atom. The van der Waals surface area contributed by atoms with Crippen LogP contribution < -0.4 is 19.7 Å². The fourth-order valence-electron chi connectivity index (χ4n) is 3.02. The Bertz CT molecular complexity index is 1240. The predicted molar refractivity (Wildman–Crippen MR) is 117 cm³/mol. The summed E-state index contributed by atoms with van der Waals surface area (Å²) in [7, 11) is 3.16. The quantitative estimate of drug-likeness (QED) is 0.523. The van der Waals surface area contributed by atoms with Gasteiger partial charge in [0.1, 0.15) is 23.1 Å². The fraction of sp³-hybridized carbons (Fsp3) is 0.0870. The second-order valence-corrected chi connectivity index (χ2v) is 6.65. The molecule has 0 radical (unpaired) electrons. The molecule has 2 aromatic carbocycles. The Hall–Kier alpha value is -4.33. The summed E-state index contributed by atoms with van der Waals surface area (Å²) in [4.78, 5) is 29.8. The van der Waals surface area contributed by atoms with Crippen molar-refractivity contribution in [1.82, 2.24) is 14.9 Å². The number of hydrogen-bond acceptors (Lipinski definition) is 5. The highest BCUT2D eigenvalue weighted by Crippen LogP contribution is 2.28. The molecule has 4 aromatic rings. The highest BCUT2D eigenvalue weighted by Gasteiger charge is 2.16. The average Bonchev–Trinajstić information content (AvgIpc) is 3.22. The van der Waals surface area contributed by atoms with E-state index in [4.69, 9.17) is 9.47 Å². The number of fused-ring (bicyclic) bond motifs is 1. The molecular weight excluding hydrogens is 396 g/mol. The lowest BCUT2D eigenvalue weighted by molar-refractivity contribution is 0.209. The maximum atomic E-state index is 12.4. The zero-order valence-electron chi connectivity index (χ0n) is 17.0. The molecular formula is C23H20N4O4. The Morgan fingerprint density at radius 2 is 1.74 bits per heavy atom. The van der Waals surface area contributed by atoms with Crippen LogP contribution in [0.4, 0.5) is 15.4 Å². The second-order valence-electron chi connectivity index (χ2n) is 6.65. The molecule has 4 rings (SSSR count). The first kappa shape index (κ1) is 20.0. The van der Waals surface area contributed by atoms with Crippen LogP contribution in [-0.4, -0.2) is 35.8 Å². The Labute approximate surface area is 178 Å². The summed E-state index contributed by atoms with van der Waals surface area (Å²) in [5.41, 5.74) is 0.769. The molecule has 2 aromatic heterocycles. The molecule has 0 aliphatic rings. The van der Waals surface area contributed by atoms with E-state index in [1.165, 1.54) is 9.47 Å². The summed E-state index contributed by atoms with van der Waals surface area (Å²) < 4.78 is 12.8. The minimum Gasteiger partial charge on any atom is -0.457 e. The second kappa shape index (κ2) is 8.58. The maximum absolute atomic E-state index is 12.4. The fourth-order valence-corrected chi connectivity index (χ4v) is 3.02. The van der Waals surface area contributed by atoms with E-state index in [-0.39, 0.29) is 6.03 Å². The SMILES string of the molecule is CNC(=O)n1ccc2cc(Oc3ccnc(N(C)C(=O)Oc4ccccc4)c3)ccc21. The molecule has 2 heterocycles. The van der Waals surface area contributed by atoms with Crippen LogP contribution in [-0.2, 0) is 0 Å². The number of pyridine rings is 1. The lowest BCUT2D eigenvalue weighted by Gasteiger charge is -2.16. The Kier molecular flexibility index (Phi) is 5.53. The predicted octanol–water partition coefficient (Wildman–Crippen LogP) is 4.65. The highest BCUT2D eigenvalue weighted by atomic mass is 16.6. The van der Waals surface area contributed by atoms with Gasteiger partial charge in [-0.2, -0.15) is 0 Å². The number of nitrogens with one attached hydrogen (secondary N) is 1. The van der Waals surface area contributed by atoms with Gasteiger partial charge in [0.05, 0.1) is 5.52 Å². The number of carbonyl (C=O) groups excluding carboxylic acids is 2. The molecule has 0 bridgehead atoms. The third-order valence-electron chi connectivity index (χ3n) is 4.61. The topological polar surface area (TPSA) is 85.7 Å². The number of carbonyl (C=O) groups is 2. The first-order valence-corrected chi connectivity index (χ1v) is 9.53. The van der Waals surface area contributed by atoms with Gasteiger partial charge in [0.2, 0.25) is 0 Å². The molecule has 0 spiro atoms. The highest BCUT2D eigenvalue weighted by molar-refractivity contribution is 5.92. The number of ether oxygens (including phenoxy) is 2. The number of aromatic nitrogens is 2. The van der Waals surface area contributed by atoms with E-state index < -0.39 is 6.09 Å². The van der Waals surface area contributed by atoms with Gasteiger partial charge in [-0.1, -0.05) is 18.2 Å². The van der Waals surface area contributed by atoms with E-state index in [1.807, 2.05) is 24.3 Å². The van der Waals surface area contributed by atoms with Crippen molar-refractivity contribution in [1.29, 1.82) is 0 Å². The van der Waals surface area contributed by atoms with Crippen molar-refractivity contribution in [3.8, 4) is 17.2 Å². The summed E-state index contributed by atoms with van der Waals surface area (Å²) in [6.45, 7) is 0. The molecule has 8 nitrogen and oxygen atoms in total. The van der Waals surface area contributed by atoms with Crippen molar-refractivity contribution in [3.63, 3.8) is 0 Å². The average molecular weight is 416 g/mol. The van der Waals surface area contributed by atoms with Crippen LogP contribution in [0.15, 0.2) is 79.1 Å². The first-order valence-electron chi connectivity index (χ1n) is 9.53. The van der Waals surface area contributed by atoms with Crippen molar-refractivity contribution in [2.24, 2.45) is 0 Å². The minimum atomic E-state index is -0.562. The van der Waals surface area contributed by atoms with Gasteiger partial charge in [-0.15, -0.1) is 0 Å². The van der Waals surface area contributed by atoms with E-state index in [9.17, 15) is 9.59 Å². The number of benzene rings is 2. The van der Waals surface area contributed by atoms with Crippen molar-refractivity contribution >= 4 is 28.8 Å². The van der Waals surface area contributed by atoms with Crippen LogP contribution in [0.25, 0.3) is 10.9 Å². The van der Waals surface area contributed by atoms with Gasteiger partial charge in [-0.05, 0) is 42.5 Å². The number of hydrogen-bond donors (Lipinski definition) is 1. The van der Waals surface area contributed by atoms with E-state index in [2.05, 4.69) is 10.3 Å². The summed E-state index contributed by atoms with van der Waals surface area (Å²) in [6, 6.07) is 19.2. The Morgan fingerprint density at radius 1 is 0.968 bits per heavy atom. The molecule has 0 atom stereocenters.